The molecule has 0 bridgehead atoms. The van der Waals surface area contributed by atoms with Gasteiger partial charge in [0.15, 0.2) is 0 Å². The van der Waals surface area contributed by atoms with Gasteiger partial charge < -0.3 is 10.2 Å². The minimum Gasteiger partial charge on any atom is -0.320 e. The molecule has 1 aromatic rings. The molecule has 3 nitrogen and oxygen atoms in total. The third-order valence-electron chi connectivity index (χ3n) is 3.01. The van der Waals surface area contributed by atoms with Crippen molar-refractivity contribution < 1.29 is 0 Å². The van der Waals surface area contributed by atoms with Crippen LogP contribution in [0.25, 0.3) is 0 Å². The molecule has 3 heteroatoms. The molecule has 16 heavy (non-hydrogen) atoms. The molecule has 0 radical (unpaired) electrons. The van der Waals surface area contributed by atoms with Crippen LogP contribution < -0.4 is 5.32 Å². The van der Waals surface area contributed by atoms with Gasteiger partial charge in [-0.1, -0.05) is 6.07 Å². The van der Waals surface area contributed by atoms with Crippen LogP contribution in [0.5, 0.6) is 0 Å². The molecule has 1 aromatic heterocycles. The summed E-state index contributed by atoms with van der Waals surface area (Å²) in [6.07, 6.45) is 4.08. The first-order chi connectivity index (χ1) is 7.74. The van der Waals surface area contributed by atoms with Gasteiger partial charge in [0, 0.05) is 30.9 Å². The molecule has 0 saturated carbocycles. The van der Waals surface area contributed by atoms with E-state index in [2.05, 4.69) is 35.2 Å². The Morgan fingerprint density at radius 2 is 2.25 bits per heavy atom. The summed E-state index contributed by atoms with van der Waals surface area (Å²) in [4.78, 5) is 6.73. The average Bonchev–Trinajstić information content (AvgIpc) is 2.34. The summed E-state index contributed by atoms with van der Waals surface area (Å²) >= 11 is 0. The lowest BCUT2D eigenvalue weighted by molar-refractivity contribution is 0.248. The van der Waals surface area contributed by atoms with Crippen LogP contribution in [-0.4, -0.2) is 43.1 Å². The summed E-state index contributed by atoms with van der Waals surface area (Å²) in [6, 6.07) is 6.72. The molecule has 0 aliphatic heterocycles. The molecule has 1 rings (SSSR count). The fourth-order valence-electron chi connectivity index (χ4n) is 1.63. The Labute approximate surface area is 98.9 Å². The van der Waals surface area contributed by atoms with Crippen molar-refractivity contribution in [3.05, 3.63) is 30.1 Å². The number of aromatic nitrogens is 1. The van der Waals surface area contributed by atoms with Crippen molar-refractivity contribution >= 4 is 0 Å². The molecule has 1 unspecified atom stereocenters. The third-order valence-corrected chi connectivity index (χ3v) is 3.01. The lowest BCUT2D eigenvalue weighted by atomic mass is 10.2. The maximum absolute atomic E-state index is 4.33. The van der Waals surface area contributed by atoms with Crippen molar-refractivity contribution in [1.82, 2.24) is 15.2 Å². The minimum absolute atomic E-state index is 0.621. The summed E-state index contributed by atoms with van der Waals surface area (Å²) in [7, 11) is 4.18. The van der Waals surface area contributed by atoms with Gasteiger partial charge in [-0.2, -0.15) is 0 Å². The fourth-order valence-corrected chi connectivity index (χ4v) is 1.63. The SMILES string of the molecule is CNCCC(C)N(C)CCc1ccccn1. The number of pyridine rings is 1. The third kappa shape index (κ3) is 4.73. The van der Waals surface area contributed by atoms with Crippen LogP contribution in [0.15, 0.2) is 24.4 Å². The molecule has 0 aromatic carbocycles. The Morgan fingerprint density at radius 3 is 2.88 bits per heavy atom. The highest BCUT2D eigenvalue weighted by molar-refractivity contribution is 5.03. The van der Waals surface area contributed by atoms with E-state index in [1.165, 1.54) is 12.1 Å². The van der Waals surface area contributed by atoms with E-state index in [9.17, 15) is 0 Å². The number of nitrogens with zero attached hydrogens (tertiary/aromatic N) is 2. The summed E-state index contributed by atoms with van der Waals surface area (Å²) in [5, 5.41) is 3.19. The van der Waals surface area contributed by atoms with Crippen molar-refractivity contribution in [3.63, 3.8) is 0 Å². The first-order valence-corrected chi connectivity index (χ1v) is 5.98. The van der Waals surface area contributed by atoms with Gasteiger partial charge in [0.25, 0.3) is 0 Å². The molecular formula is C13H23N3. The van der Waals surface area contributed by atoms with Gasteiger partial charge in [-0.05, 0) is 46.1 Å². The largest absolute Gasteiger partial charge is 0.320 e. The Hall–Kier alpha value is -0.930. The van der Waals surface area contributed by atoms with Crippen molar-refractivity contribution in [2.24, 2.45) is 0 Å². The molecular weight excluding hydrogens is 198 g/mol. The smallest absolute Gasteiger partial charge is 0.0416 e. The van der Waals surface area contributed by atoms with E-state index < -0.39 is 0 Å². The van der Waals surface area contributed by atoms with E-state index in [4.69, 9.17) is 0 Å². The van der Waals surface area contributed by atoms with E-state index in [1.807, 2.05) is 25.4 Å². The zero-order valence-corrected chi connectivity index (χ0v) is 10.6. The van der Waals surface area contributed by atoms with Gasteiger partial charge in [-0.3, -0.25) is 4.98 Å². The van der Waals surface area contributed by atoms with E-state index in [0.717, 1.165) is 19.5 Å². The fraction of sp³-hybridized carbons (Fsp3) is 0.615. The van der Waals surface area contributed by atoms with E-state index in [-0.39, 0.29) is 0 Å². The van der Waals surface area contributed by atoms with Crippen LogP contribution in [0.3, 0.4) is 0 Å². The second-order valence-corrected chi connectivity index (χ2v) is 4.29. The standard InChI is InChI=1S/C13H23N3/c1-12(7-10-14-2)16(3)11-8-13-6-4-5-9-15-13/h4-6,9,12,14H,7-8,10-11H2,1-3H3. The van der Waals surface area contributed by atoms with Gasteiger partial charge in [-0.15, -0.1) is 0 Å². The van der Waals surface area contributed by atoms with Crippen molar-refractivity contribution in [3.8, 4) is 0 Å². The topological polar surface area (TPSA) is 28.2 Å². The molecule has 1 N–H and O–H groups in total. The molecule has 0 saturated heterocycles. The first kappa shape index (κ1) is 13.1. The Bertz CT molecular complexity index is 274. The number of hydrogen-bond acceptors (Lipinski definition) is 3. The number of likely N-dealkylation sites (N-methyl/N-ethyl adjacent to an activating group) is 1. The normalized spacial score (nSPS) is 13.0. The van der Waals surface area contributed by atoms with Crippen LogP contribution in [0.1, 0.15) is 19.0 Å². The predicted octanol–water partition coefficient (Wildman–Crippen LogP) is 1.55. The second-order valence-electron chi connectivity index (χ2n) is 4.29. The van der Waals surface area contributed by atoms with Gasteiger partial charge in [0.1, 0.15) is 0 Å². The highest BCUT2D eigenvalue weighted by atomic mass is 15.1. The highest BCUT2D eigenvalue weighted by Crippen LogP contribution is 2.02. The lowest BCUT2D eigenvalue weighted by Crippen LogP contribution is -2.33. The Kier molecular flexibility index (Phi) is 6.04. The summed E-state index contributed by atoms with van der Waals surface area (Å²) in [6.45, 7) is 4.42. The number of rotatable bonds is 7. The molecule has 0 amide bonds. The van der Waals surface area contributed by atoms with Gasteiger partial charge in [-0.25, -0.2) is 0 Å². The second kappa shape index (κ2) is 7.36. The number of hydrogen-bond donors (Lipinski definition) is 1. The quantitative estimate of drug-likeness (QED) is 0.757. The minimum atomic E-state index is 0.621. The summed E-state index contributed by atoms with van der Waals surface area (Å²) < 4.78 is 0. The van der Waals surface area contributed by atoms with Crippen LogP contribution in [0, 0.1) is 0 Å². The van der Waals surface area contributed by atoms with Crippen molar-refractivity contribution in [2.45, 2.75) is 25.8 Å². The van der Waals surface area contributed by atoms with Crippen LogP contribution in [0.2, 0.25) is 0 Å². The van der Waals surface area contributed by atoms with Crippen molar-refractivity contribution in [1.29, 1.82) is 0 Å². The van der Waals surface area contributed by atoms with Crippen LogP contribution >= 0.6 is 0 Å². The zero-order valence-electron chi connectivity index (χ0n) is 10.6. The predicted molar refractivity (Wildman–Crippen MR) is 68.6 cm³/mol. The van der Waals surface area contributed by atoms with Crippen LogP contribution in [-0.2, 0) is 6.42 Å². The van der Waals surface area contributed by atoms with Gasteiger partial charge in [0.2, 0.25) is 0 Å². The molecule has 90 valence electrons. The molecule has 1 atom stereocenters. The van der Waals surface area contributed by atoms with Crippen LogP contribution in [0.4, 0.5) is 0 Å². The van der Waals surface area contributed by atoms with E-state index in [1.54, 1.807) is 0 Å². The monoisotopic (exact) mass is 221 g/mol. The van der Waals surface area contributed by atoms with E-state index >= 15 is 0 Å². The van der Waals surface area contributed by atoms with Crippen molar-refractivity contribution in [2.75, 3.05) is 27.2 Å². The summed E-state index contributed by atoms with van der Waals surface area (Å²) in [5.74, 6) is 0. The van der Waals surface area contributed by atoms with Gasteiger partial charge in [0.05, 0.1) is 0 Å². The lowest BCUT2D eigenvalue weighted by Gasteiger charge is -2.24. The maximum Gasteiger partial charge on any atom is 0.0416 e. The maximum atomic E-state index is 4.33. The average molecular weight is 221 g/mol. The first-order valence-electron chi connectivity index (χ1n) is 5.98. The molecule has 0 aliphatic carbocycles. The Balaban J connectivity index is 2.26. The zero-order chi connectivity index (χ0) is 11.8. The molecule has 0 fully saturated rings. The molecule has 0 aliphatic rings. The molecule has 1 heterocycles. The molecule has 0 spiro atoms. The van der Waals surface area contributed by atoms with Gasteiger partial charge >= 0.3 is 0 Å². The summed E-state index contributed by atoms with van der Waals surface area (Å²) in [5.41, 5.74) is 1.18. The number of nitrogens with one attached hydrogen (secondary N) is 1. The highest BCUT2D eigenvalue weighted by Gasteiger charge is 2.08. The van der Waals surface area contributed by atoms with E-state index in [0.29, 0.717) is 6.04 Å². The Morgan fingerprint density at radius 1 is 1.44 bits per heavy atom.